The van der Waals surface area contributed by atoms with Gasteiger partial charge in [0.2, 0.25) is 0 Å². The molecule has 2 aromatic carbocycles. The van der Waals surface area contributed by atoms with Crippen LogP contribution in [-0.4, -0.2) is 25.2 Å². The van der Waals surface area contributed by atoms with Crippen molar-refractivity contribution in [2.45, 2.75) is 33.3 Å². The molecule has 6 heteroatoms. The largest absolute Gasteiger partial charge is 0.492 e. The Bertz CT molecular complexity index is 822. The third-order valence-corrected chi connectivity index (χ3v) is 4.33. The second-order valence-electron chi connectivity index (χ2n) is 6.29. The van der Waals surface area contributed by atoms with Crippen molar-refractivity contribution in [3.63, 3.8) is 0 Å². The lowest BCUT2D eigenvalue weighted by molar-refractivity contribution is -0.118. The van der Waals surface area contributed by atoms with Crippen LogP contribution in [0.4, 0.5) is 5.69 Å². The van der Waals surface area contributed by atoms with Crippen molar-refractivity contribution >= 4 is 23.2 Å². The van der Waals surface area contributed by atoms with E-state index < -0.39 is 0 Å². The molecule has 0 saturated heterocycles. The fourth-order valence-electron chi connectivity index (χ4n) is 2.86. The molecule has 0 spiro atoms. The van der Waals surface area contributed by atoms with Gasteiger partial charge in [-0.1, -0.05) is 17.7 Å². The zero-order chi connectivity index (χ0) is 18.7. The number of halogens is 1. The highest BCUT2D eigenvalue weighted by atomic mass is 35.5. The number of aryl methyl sites for hydroxylation is 1. The number of ether oxygens (including phenoxy) is 3. The van der Waals surface area contributed by atoms with Crippen molar-refractivity contribution in [3.05, 3.63) is 46.5 Å². The first kappa shape index (κ1) is 18.4. The lowest BCUT2D eigenvalue weighted by atomic mass is 10.1. The van der Waals surface area contributed by atoms with Crippen molar-refractivity contribution in [1.82, 2.24) is 0 Å². The van der Waals surface area contributed by atoms with E-state index in [2.05, 4.69) is 5.32 Å². The molecule has 5 nitrogen and oxygen atoms in total. The molecule has 1 aliphatic heterocycles. The van der Waals surface area contributed by atoms with Gasteiger partial charge >= 0.3 is 0 Å². The van der Waals surface area contributed by atoms with Gasteiger partial charge in [-0.3, -0.25) is 4.79 Å². The molecule has 1 heterocycles. The molecule has 1 amide bonds. The highest BCUT2D eigenvalue weighted by Gasteiger charge is 2.22. The first-order valence-electron chi connectivity index (χ1n) is 8.61. The van der Waals surface area contributed by atoms with Crippen molar-refractivity contribution in [2.75, 3.05) is 18.5 Å². The summed E-state index contributed by atoms with van der Waals surface area (Å²) in [5, 5.41) is 3.30. The van der Waals surface area contributed by atoms with Gasteiger partial charge in [0, 0.05) is 18.1 Å². The standard InChI is InChI=1S/C20H22ClNO4/c1-4-24-19-9-14-8-13(3)26-17(14)10-16(19)22-20(23)11-25-18-7-12(2)5-6-15(18)21/h5-7,9-10,13H,4,8,11H2,1-3H3,(H,22,23)/t13-/m1/s1. The SMILES string of the molecule is CCOc1cc2c(cc1NC(=O)COc1cc(C)ccc1Cl)O[C@H](C)C2. The van der Waals surface area contributed by atoms with Gasteiger partial charge in [-0.2, -0.15) is 0 Å². The van der Waals surface area contributed by atoms with E-state index >= 15 is 0 Å². The van der Waals surface area contributed by atoms with Crippen molar-refractivity contribution < 1.29 is 19.0 Å². The molecule has 0 saturated carbocycles. The number of hydrogen-bond donors (Lipinski definition) is 1. The van der Waals surface area contributed by atoms with Crippen LogP contribution in [0.5, 0.6) is 17.2 Å². The van der Waals surface area contributed by atoms with Gasteiger partial charge in [0.1, 0.15) is 23.4 Å². The Labute approximate surface area is 158 Å². The number of nitrogens with one attached hydrogen (secondary N) is 1. The number of carbonyl (C=O) groups is 1. The van der Waals surface area contributed by atoms with Crippen molar-refractivity contribution in [3.8, 4) is 17.2 Å². The van der Waals surface area contributed by atoms with Crippen LogP contribution in [0.3, 0.4) is 0 Å². The summed E-state index contributed by atoms with van der Waals surface area (Å²) in [6.45, 7) is 6.21. The van der Waals surface area contributed by atoms with Crippen LogP contribution in [0.2, 0.25) is 5.02 Å². The third kappa shape index (κ3) is 4.22. The zero-order valence-corrected chi connectivity index (χ0v) is 15.9. The first-order valence-corrected chi connectivity index (χ1v) is 8.99. The number of anilines is 1. The Morgan fingerprint density at radius 3 is 2.85 bits per heavy atom. The molecular formula is C20H22ClNO4. The van der Waals surface area contributed by atoms with Crippen molar-refractivity contribution in [2.24, 2.45) is 0 Å². The molecule has 0 unspecified atom stereocenters. The molecule has 1 atom stereocenters. The second-order valence-corrected chi connectivity index (χ2v) is 6.70. The second kappa shape index (κ2) is 7.87. The number of benzene rings is 2. The molecule has 0 aliphatic carbocycles. The van der Waals surface area contributed by atoms with Gasteiger partial charge in [0.25, 0.3) is 5.91 Å². The lowest BCUT2D eigenvalue weighted by Gasteiger charge is -2.14. The Morgan fingerprint density at radius 1 is 1.27 bits per heavy atom. The van der Waals surface area contributed by atoms with Crippen LogP contribution in [0.1, 0.15) is 25.0 Å². The molecule has 26 heavy (non-hydrogen) atoms. The number of amides is 1. The number of carbonyl (C=O) groups excluding carboxylic acids is 1. The summed E-state index contributed by atoms with van der Waals surface area (Å²) >= 11 is 6.09. The minimum absolute atomic E-state index is 0.122. The minimum atomic E-state index is -0.297. The maximum Gasteiger partial charge on any atom is 0.262 e. The van der Waals surface area contributed by atoms with E-state index in [9.17, 15) is 4.79 Å². The maximum absolute atomic E-state index is 12.3. The third-order valence-electron chi connectivity index (χ3n) is 4.02. The highest BCUT2D eigenvalue weighted by Crippen LogP contribution is 2.38. The first-order chi connectivity index (χ1) is 12.5. The molecule has 3 rings (SSSR count). The molecule has 0 radical (unpaired) electrons. The Kier molecular flexibility index (Phi) is 5.57. The quantitative estimate of drug-likeness (QED) is 0.813. The van der Waals surface area contributed by atoms with E-state index in [4.69, 9.17) is 25.8 Å². The van der Waals surface area contributed by atoms with E-state index in [0.717, 1.165) is 23.3 Å². The number of hydrogen-bond acceptors (Lipinski definition) is 4. The Morgan fingerprint density at radius 2 is 2.08 bits per heavy atom. The van der Waals surface area contributed by atoms with E-state index in [1.807, 2.05) is 32.9 Å². The summed E-state index contributed by atoms with van der Waals surface area (Å²) in [5.41, 5.74) is 2.67. The fraction of sp³-hybridized carbons (Fsp3) is 0.350. The van der Waals surface area contributed by atoms with Crippen LogP contribution in [-0.2, 0) is 11.2 Å². The van der Waals surface area contributed by atoms with Gasteiger partial charge in [-0.15, -0.1) is 0 Å². The number of fused-ring (bicyclic) bond motifs is 1. The molecule has 1 N–H and O–H groups in total. The molecule has 2 aromatic rings. The predicted molar refractivity (Wildman–Crippen MR) is 102 cm³/mol. The van der Waals surface area contributed by atoms with E-state index in [1.165, 1.54) is 0 Å². The van der Waals surface area contributed by atoms with Crippen LogP contribution >= 0.6 is 11.6 Å². The minimum Gasteiger partial charge on any atom is -0.492 e. The monoisotopic (exact) mass is 375 g/mol. The van der Waals surface area contributed by atoms with Crippen LogP contribution in [0.15, 0.2) is 30.3 Å². The summed E-state index contributed by atoms with van der Waals surface area (Å²) in [6.07, 6.45) is 0.954. The van der Waals surface area contributed by atoms with Crippen LogP contribution in [0.25, 0.3) is 0 Å². The summed E-state index contributed by atoms with van der Waals surface area (Å²) < 4.78 is 17.0. The van der Waals surface area contributed by atoms with E-state index in [-0.39, 0.29) is 18.6 Å². The average molecular weight is 376 g/mol. The van der Waals surface area contributed by atoms with Gasteiger partial charge in [-0.05, 0) is 44.5 Å². The summed E-state index contributed by atoms with van der Waals surface area (Å²) in [5.74, 6) is 1.59. The molecular weight excluding hydrogens is 354 g/mol. The topological polar surface area (TPSA) is 56.8 Å². The fourth-order valence-corrected chi connectivity index (χ4v) is 3.03. The van der Waals surface area contributed by atoms with Gasteiger partial charge in [0.05, 0.1) is 17.3 Å². The van der Waals surface area contributed by atoms with E-state index in [0.29, 0.717) is 28.8 Å². The zero-order valence-electron chi connectivity index (χ0n) is 15.1. The smallest absolute Gasteiger partial charge is 0.262 e. The average Bonchev–Trinajstić information content (AvgIpc) is 2.95. The summed E-state index contributed by atoms with van der Waals surface area (Å²) in [7, 11) is 0. The molecule has 0 aromatic heterocycles. The van der Waals surface area contributed by atoms with E-state index in [1.54, 1.807) is 18.2 Å². The lowest BCUT2D eigenvalue weighted by Crippen LogP contribution is -2.20. The van der Waals surface area contributed by atoms with Gasteiger partial charge in [-0.25, -0.2) is 0 Å². The summed E-state index contributed by atoms with van der Waals surface area (Å²) in [4.78, 5) is 12.3. The van der Waals surface area contributed by atoms with Crippen LogP contribution in [0, 0.1) is 6.92 Å². The predicted octanol–water partition coefficient (Wildman–Crippen LogP) is 4.39. The summed E-state index contributed by atoms with van der Waals surface area (Å²) in [6, 6.07) is 9.16. The molecule has 138 valence electrons. The maximum atomic E-state index is 12.3. The molecule has 1 aliphatic rings. The molecule has 0 fully saturated rings. The highest BCUT2D eigenvalue weighted by molar-refractivity contribution is 6.32. The Hall–Kier alpha value is -2.40. The van der Waals surface area contributed by atoms with Crippen LogP contribution < -0.4 is 19.5 Å². The Balaban J connectivity index is 1.70. The normalized spacial score (nSPS) is 15.2. The number of rotatable bonds is 6. The van der Waals surface area contributed by atoms with Gasteiger partial charge < -0.3 is 19.5 Å². The van der Waals surface area contributed by atoms with Gasteiger partial charge in [0.15, 0.2) is 6.61 Å². The van der Waals surface area contributed by atoms with Crippen molar-refractivity contribution in [1.29, 1.82) is 0 Å². The molecule has 0 bridgehead atoms.